The van der Waals surface area contributed by atoms with Crippen LogP contribution in [0.4, 0.5) is 0 Å². The normalized spacial score (nSPS) is 18.0. The topological polar surface area (TPSA) is 71.8 Å². The Balaban J connectivity index is 1.44. The van der Waals surface area contributed by atoms with Crippen molar-refractivity contribution in [2.45, 2.75) is 45.1 Å². The largest absolute Gasteiger partial charge is 0.491 e. The molecular formula is C20H29N3O4. The van der Waals surface area contributed by atoms with Gasteiger partial charge >= 0.3 is 0 Å². The van der Waals surface area contributed by atoms with Gasteiger partial charge in [-0.1, -0.05) is 0 Å². The predicted octanol–water partition coefficient (Wildman–Crippen LogP) is 1.50. The van der Waals surface area contributed by atoms with E-state index in [1.54, 1.807) is 18.3 Å². The maximum atomic E-state index is 12.5. The fourth-order valence-corrected chi connectivity index (χ4v) is 3.96. The van der Waals surface area contributed by atoms with Crippen molar-refractivity contribution in [1.82, 2.24) is 14.4 Å². The molecule has 3 heterocycles. The van der Waals surface area contributed by atoms with Crippen LogP contribution >= 0.6 is 0 Å². The van der Waals surface area contributed by atoms with E-state index in [9.17, 15) is 14.4 Å². The highest BCUT2D eigenvalue weighted by atomic mass is 16.5. The van der Waals surface area contributed by atoms with Gasteiger partial charge in [-0.3, -0.25) is 14.4 Å². The highest BCUT2D eigenvalue weighted by Gasteiger charge is 2.25. The standard InChI is InChI=1S/C20H29N3O4/c1-27-17-5-4-12-23(20(17)26)15-19(25)22-13-8-16(9-14-22)6-7-18(24)21-10-2-3-11-21/h4-5,12,16H,2-3,6-11,13-15H2,1H3. The highest BCUT2D eigenvalue weighted by molar-refractivity contribution is 5.76. The van der Waals surface area contributed by atoms with E-state index in [1.165, 1.54) is 11.7 Å². The number of rotatable bonds is 6. The number of carbonyl (C=O) groups is 2. The number of carbonyl (C=O) groups excluding carboxylic acids is 2. The minimum Gasteiger partial charge on any atom is -0.491 e. The van der Waals surface area contributed by atoms with Crippen molar-refractivity contribution in [1.29, 1.82) is 0 Å². The van der Waals surface area contributed by atoms with Gasteiger partial charge in [-0.25, -0.2) is 0 Å². The summed E-state index contributed by atoms with van der Waals surface area (Å²) < 4.78 is 6.41. The summed E-state index contributed by atoms with van der Waals surface area (Å²) in [5, 5.41) is 0. The van der Waals surface area contributed by atoms with Gasteiger partial charge in [-0.05, 0) is 50.2 Å². The molecule has 148 valence electrons. The minimum absolute atomic E-state index is 0.0359. The Kier molecular flexibility index (Phi) is 6.53. The van der Waals surface area contributed by atoms with Crippen LogP contribution in [0.2, 0.25) is 0 Å². The van der Waals surface area contributed by atoms with E-state index in [2.05, 4.69) is 0 Å². The maximum Gasteiger partial charge on any atom is 0.293 e. The number of hydrogen-bond donors (Lipinski definition) is 0. The molecule has 7 heteroatoms. The summed E-state index contributed by atoms with van der Waals surface area (Å²) in [7, 11) is 1.45. The molecule has 0 unspecified atom stereocenters. The van der Waals surface area contributed by atoms with E-state index < -0.39 is 0 Å². The summed E-state index contributed by atoms with van der Waals surface area (Å²) in [6, 6.07) is 3.30. The zero-order valence-corrected chi connectivity index (χ0v) is 16.1. The smallest absolute Gasteiger partial charge is 0.293 e. The lowest BCUT2D eigenvalue weighted by Crippen LogP contribution is -2.41. The third-order valence-corrected chi connectivity index (χ3v) is 5.70. The Morgan fingerprint density at radius 3 is 2.41 bits per heavy atom. The number of nitrogens with zero attached hydrogens (tertiary/aromatic N) is 3. The van der Waals surface area contributed by atoms with Gasteiger partial charge in [0.1, 0.15) is 6.54 Å². The summed E-state index contributed by atoms with van der Waals surface area (Å²) in [4.78, 5) is 40.7. The average Bonchev–Trinajstić information content (AvgIpc) is 3.23. The van der Waals surface area contributed by atoms with Crippen LogP contribution in [0.3, 0.4) is 0 Å². The second-order valence-electron chi connectivity index (χ2n) is 7.46. The van der Waals surface area contributed by atoms with Crippen LogP contribution in [0, 0.1) is 5.92 Å². The van der Waals surface area contributed by atoms with Crippen molar-refractivity contribution in [3.05, 3.63) is 28.7 Å². The second-order valence-corrected chi connectivity index (χ2v) is 7.46. The first-order valence-electron chi connectivity index (χ1n) is 9.87. The van der Waals surface area contributed by atoms with Crippen LogP contribution in [0.25, 0.3) is 0 Å². The van der Waals surface area contributed by atoms with Crippen LogP contribution in [0.1, 0.15) is 38.5 Å². The number of amides is 2. The summed E-state index contributed by atoms with van der Waals surface area (Å²) >= 11 is 0. The molecule has 0 aromatic carbocycles. The molecule has 27 heavy (non-hydrogen) atoms. The van der Waals surface area contributed by atoms with Gasteiger partial charge in [0.15, 0.2) is 5.75 Å². The first-order chi connectivity index (χ1) is 13.1. The maximum absolute atomic E-state index is 12.5. The molecule has 0 radical (unpaired) electrons. The molecule has 1 aromatic heterocycles. The van der Waals surface area contributed by atoms with Gasteiger partial charge in [0, 0.05) is 38.8 Å². The summed E-state index contributed by atoms with van der Waals surface area (Å²) in [6.45, 7) is 3.25. The second kappa shape index (κ2) is 9.06. The van der Waals surface area contributed by atoms with E-state index in [4.69, 9.17) is 4.74 Å². The molecule has 7 nitrogen and oxygen atoms in total. The zero-order chi connectivity index (χ0) is 19.2. The van der Waals surface area contributed by atoms with Crippen LogP contribution in [0.5, 0.6) is 5.75 Å². The molecule has 0 saturated carbocycles. The summed E-state index contributed by atoms with van der Waals surface area (Å²) in [6.07, 6.45) is 7.24. The number of likely N-dealkylation sites (tertiary alicyclic amines) is 2. The molecule has 2 saturated heterocycles. The molecule has 0 bridgehead atoms. The van der Waals surface area contributed by atoms with Gasteiger partial charge in [-0.2, -0.15) is 0 Å². The molecular weight excluding hydrogens is 346 g/mol. The number of hydrogen-bond acceptors (Lipinski definition) is 4. The Bertz CT molecular complexity index is 716. The first kappa shape index (κ1) is 19.5. The third kappa shape index (κ3) is 4.90. The lowest BCUT2D eigenvalue weighted by atomic mass is 9.92. The molecule has 1 aromatic rings. The third-order valence-electron chi connectivity index (χ3n) is 5.70. The Labute approximate surface area is 159 Å². The molecule has 0 aliphatic carbocycles. The number of ether oxygens (including phenoxy) is 1. The van der Waals surface area contributed by atoms with Crippen LogP contribution < -0.4 is 10.3 Å². The quantitative estimate of drug-likeness (QED) is 0.755. The van der Waals surface area contributed by atoms with Crippen LogP contribution in [0.15, 0.2) is 23.1 Å². The van der Waals surface area contributed by atoms with Crippen molar-refractivity contribution in [2.75, 3.05) is 33.3 Å². The summed E-state index contributed by atoms with van der Waals surface area (Å²) in [5.41, 5.74) is -0.288. The van der Waals surface area contributed by atoms with Crippen molar-refractivity contribution in [3.63, 3.8) is 0 Å². The average molecular weight is 375 g/mol. The van der Waals surface area contributed by atoms with E-state index >= 15 is 0 Å². The van der Waals surface area contributed by atoms with Gasteiger partial charge in [0.2, 0.25) is 11.8 Å². The molecule has 2 aliphatic rings. The molecule has 3 rings (SSSR count). The number of piperidine rings is 1. The van der Waals surface area contributed by atoms with Crippen LogP contribution in [-0.4, -0.2) is 59.5 Å². The van der Waals surface area contributed by atoms with Crippen LogP contribution in [-0.2, 0) is 16.1 Å². The van der Waals surface area contributed by atoms with E-state index in [1.807, 2.05) is 9.80 Å². The Morgan fingerprint density at radius 1 is 1.07 bits per heavy atom. The Hall–Kier alpha value is -2.31. The monoisotopic (exact) mass is 375 g/mol. The minimum atomic E-state index is -0.288. The van der Waals surface area contributed by atoms with Gasteiger partial charge in [-0.15, -0.1) is 0 Å². The fourth-order valence-electron chi connectivity index (χ4n) is 3.96. The lowest BCUT2D eigenvalue weighted by molar-refractivity contribution is -0.134. The van der Waals surface area contributed by atoms with Crippen molar-refractivity contribution < 1.29 is 14.3 Å². The highest BCUT2D eigenvalue weighted by Crippen LogP contribution is 2.23. The van der Waals surface area contributed by atoms with Gasteiger partial charge < -0.3 is 19.1 Å². The molecule has 0 spiro atoms. The SMILES string of the molecule is COc1cccn(CC(=O)N2CCC(CCC(=O)N3CCCC3)CC2)c1=O. The molecule has 0 atom stereocenters. The number of pyridine rings is 1. The van der Waals surface area contributed by atoms with Crippen molar-refractivity contribution in [2.24, 2.45) is 5.92 Å². The lowest BCUT2D eigenvalue weighted by Gasteiger charge is -2.32. The first-order valence-corrected chi connectivity index (χ1v) is 9.87. The zero-order valence-electron chi connectivity index (χ0n) is 16.1. The molecule has 0 N–H and O–H groups in total. The Morgan fingerprint density at radius 2 is 1.74 bits per heavy atom. The van der Waals surface area contributed by atoms with E-state index in [0.29, 0.717) is 25.4 Å². The van der Waals surface area contributed by atoms with Gasteiger partial charge in [0.25, 0.3) is 5.56 Å². The van der Waals surface area contributed by atoms with E-state index in [-0.39, 0.29) is 29.7 Å². The van der Waals surface area contributed by atoms with Crippen molar-refractivity contribution >= 4 is 11.8 Å². The van der Waals surface area contributed by atoms with E-state index in [0.717, 1.165) is 45.2 Å². The number of aromatic nitrogens is 1. The van der Waals surface area contributed by atoms with Crippen molar-refractivity contribution in [3.8, 4) is 5.75 Å². The number of methoxy groups -OCH3 is 1. The molecule has 2 fully saturated rings. The van der Waals surface area contributed by atoms with Gasteiger partial charge in [0.05, 0.1) is 7.11 Å². The molecule has 2 aliphatic heterocycles. The summed E-state index contributed by atoms with van der Waals surface area (Å²) in [5.74, 6) is 0.979. The predicted molar refractivity (Wildman–Crippen MR) is 102 cm³/mol. The fraction of sp³-hybridized carbons (Fsp3) is 0.650. The molecule has 2 amide bonds.